The zero-order chi connectivity index (χ0) is 20.2. The number of sulfonamides is 1. The van der Waals surface area contributed by atoms with Gasteiger partial charge in [-0.2, -0.15) is 0 Å². The van der Waals surface area contributed by atoms with Crippen LogP contribution < -0.4 is 14.8 Å². The van der Waals surface area contributed by atoms with Crippen LogP contribution >= 0.6 is 0 Å². The number of methoxy groups -OCH3 is 1. The van der Waals surface area contributed by atoms with E-state index in [1.54, 1.807) is 0 Å². The summed E-state index contributed by atoms with van der Waals surface area (Å²) in [6.45, 7) is -0.573. The minimum absolute atomic E-state index is 0.0471. The maximum absolute atomic E-state index is 13.5. The Morgan fingerprint density at radius 3 is 2.37 bits per heavy atom. The molecule has 1 N–H and O–H groups in total. The van der Waals surface area contributed by atoms with Gasteiger partial charge in [-0.3, -0.25) is 4.79 Å². The molecule has 0 aliphatic heterocycles. The Balaban J connectivity index is 2.16. The van der Waals surface area contributed by atoms with E-state index in [4.69, 9.17) is 9.47 Å². The quantitative estimate of drug-likeness (QED) is 0.771. The molecule has 27 heavy (non-hydrogen) atoms. The first-order valence-corrected chi connectivity index (χ1v) is 9.07. The number of hydrogen-bond acceptors (Lipinski definition) is 5. The summed E-state index contributed by atoms with van der Waals surface area (Å²) in [6, 6.07) is 6.66. The lowest BCUT2D eigenvalue weighted by Crippen LogP contribution is -2.23. The van der Waals surface area contributed by atoms with Gasteiger partial charge in [0.2, 0.25) is 10.0 Å². The van der Waals surface area contributed by atoms with Gasteiger partial charge in [-0.25, -0.2) is 21.5 Å². The normalized spacial score (nSPS) is 11.3. The maximum atomic E-state index is 13.5. The van der Waals surface area contributed by atoms with E-state index in [9.17, 15) is 22.0 Å². The van der Waals surface area contributed by atoms with Gasteiger partial charge in [0.15, 0.2) is 18.2 Å². The molecule has 0 saturated carbocycles. The number of halogens is 2. The molecule has 0 aliphatic rings. The van der Waals surface area contributed by atoms with Gasteiger partial charge in [0.25, 0.3) is 5.91 Å². The van der Waals surface area contributed by atoms with Gasteiger partial charge in [-0.1, -0.05) is 0 Å². The molecule has 0 atom stereocenters. The largest absolute Gasteiger partial charge is 0.495 e. The standard InChI is InChI=1S/C17H18F2N2O5S/c1-21(2)27(23,24)12-5-7-16(25-3)14(9-12)20-17(22)10-26-15-6-4-11(18)8-13(15)19/h4-9H,10H2,1-3H3,(H,20,22). The van der Waals surface area contributed by atoms with Crippen LogP contribution in [-0.2, 0) is 14.8 Å². The van der Waals surface area contributed by atoms with Gasteiger partial charge in [0.1, 0.15) is 11.6 Å². The Labute approximate surface area is 155 Å². The Bertz CT molecular complexity index is 948. The highest BCUT2D eigenvalue weighted by Crippen LogP contribution is 2.28. The number of anilines is 1. The third-order valence-electron chi connectivity index (χ3n) is 3.48. The van der Waals surface area contributed by atoms with Crippen molar-refractivity contribution in [3.05, 3.63) is 48.0 Å². The summed E-state index contributed by atoms with van der Waals surface area (Å²) < 4.78 is 62.0. The molecule has 7 nitrogen and oxygen atoms in total. The molecule has 0 unspecified atom stereocenters. The van der Waals surface area contributed by atoms with Gasteiger partial charge in [0, 0.05) is 20.2 Å². The lowest BCUT2D eigenvalue weighted by atomic mass is 10.3. The molecule has 2 aromatic carbocycles. The van der Waals surface area contributed by atoms with Crippen molar-refractivity contribution >= 4 is 21.6 Å². The van der Waals surface area contributed by atoms with Crippen molar-refractivity contribution in [3.8, 4) is 11.5 Å². The highest BCUT2D eigenvalue weighted by molar-refractivity contribution is 7.89. The minimum Gasteiger partial charge on any atom is -0.495 e. The van der Waals surface area contributed by atoms with E-state index in [2.05, 4.69) is 5.32 Å². The SMILES string of the molecule is COc1ccc(S(=O)(=O)N(C)C)cc1NC(=O)COc1ccc(F)cc1F. The van der Waals surface area contributed by atoms with Crippen LogP contribution in [0, 0.1) is 11.6 Å². The fourth-order valence-corrected chi connectivity index (χ4v) is 3.01. The molecular weight excluding hydrogens is 382 g/mol. The van der Waals surface area contributed by atoms with Gasteiger partial charge < -0.3 is 14.8 Å². The van der Waals surface area contributed by atoms with E-state index < -0.39 is 34.2 Å². The second-order valence-corrected chi connectivity index (χ2v) is 7.71. The summed E-state index contributed by atoms with van der Waals surface area (Å²) >= 11 is 0. The van der Waals surface area contributed by atoms with E-state index in [1.165, 1.54) is 39.4 Å². The number of amides is 1. The molecule has 0 heterocycles. The molecule has 2 rings (SSSR count). The van der Waals surface area contributed by atoms with E-state index in [-0.39, 0.29) is 22.1 Å². The summed E-state index contributed by atoms with van der Waals surface area (Å²) in [5, 5.41) is 2.45. The highest BCUT2D eigenvalue weighted by Gasteiger charge is 2.20. The number of nitrogens with one attached hydrogen (secondary N) is 1. The first kappa shape index (κ1) is 20.6. The van der Waals surface area contributed by atoms with Crippen LogP contribution in [0.4, 0.5) is 14.5 Å². The molecule has 0 radical (unpaired) electrons. The number of hydrogen-bond donors (Lipinski definition) is 1. The summed E-state index contributed by atoms with van der Waals surface area (Å²) in [5.41, 5.74) is 0.105. The summed E-state index contributed by atoms with van der Waals surface area (Å²) in [7, 11) is 0.397. The van der Waals surface area contributed by atoms with Crippen LogP contribution in [0.15, 0.2) is 41.3 Å². The highest BCUT2D eigenvalue weighted by atomic mass is 32.2. The van der Waals surface area contributed by atoms with Crippen molar-refractivity contribution in [2.45, 2.75) is 4.90 Å². The molecule has 1 amide bonds. The molecule has 10 heteroatoms. The molecule has 0 bridgehead atoms. The van der Waals surface area contributed by atoms with Crippen molar-refractivity contribution < 1.29 is 31.5 Å². The number of benzene rings is 2. The monoisotopic (exact) mass is 400 g/mol. The zero-order valence-electron chi connectivity index (χ0n) is 14.8. The third kappa shape index (κ3) is 4.92. The van der Waals surface area contributed by atoms with Crippen LogP contribution in [0.5, 0.6) is 11.5 Å². The fourth-order valence-electron chi connectivity index (χ4n) is 2.08. The average Bonchev–Trinajstić information content (AvgIpc) is 2.60. The number of carbonyl (C=O) groups is 1. The van der Waals surface area contributed by atoms with Gasteiger partial charge >= 0.3 is 0 Å². The van der Waals surface area contributed by atoms with Gasteiger partial charge in [-0.15, -0.1) is 0 Å². The van der Waals surface area contributed by atoms with Crippen LogP contribution in [0.3, 0.4) is 0 Å². The van der Waals surface area contributed by atoms with E-state index in [0.29, 0.717) is 6.07 Å². The average molecular weight is 400 g/mol. The second-order valence-electron chi connectivity index (χ2n) is 5.56. The van der Waals surface area contributed by atoms with Gasteiger partial charge in [-0.05, 0) is 30.3 Å². The Kier molecular flexibility index (Phi) is 6.34. The van der Waals surface area contributed by atoms with Crippen molar-refractivity contribution in [1.82, 2.24) is 4.31 Å². The molecule has 0 spiro atoms. The first-order chi connectivity index (χ1) is 12.6. The van der Waals surface area contributed by atoms with Crippen LogP contribution in [0.25, 0.3) is 0 Å². The molecule has 146 valence electrons. The lowest BCUT2D eigenvalue weighted by Gasteiger charge is -2.15. The number of rotatable bonds is 7. The third-order valence-corrected chi connectivity index (χ3v) is 5.29. The molecule has 0 fully saturated rings. The summed E-state index contributed by atoms with van der Waals surface area (Å²) in [5.74, 6) is -2.46. The van der Waals surface area contributed by atoms with E-state index in [1.807, 2.05) is 0 Å². The molecule has 0 aromatic heterocycles. The smallest absolute Gasteiger partial charge is 0.262 e. The Morgan fingerprint density at radius 2 is 1.78 bits per heavy atom. The topological polar surface area (TPSA) is 84.9 Å². The molecule has 0 aliphatic carbocycles. The van der Waals surface area contributed by atoms with Crippen molar-refractivity contribution in [2.75, 3.05) is 33.1 Å². The predicted octanol–water partition coefficient (Wildman–Crippen LogP) is 2.24. The zero-order valence-corrected chi connectivity index (χ0v) is 15.6. The number of ether oxygens (including phenoxy) is 2. The van der Waals surface area contributed by atoms with Crippen molar-refractivity contribution in [1.29, 1.82) is 0 Å². The second kappa shape index (κ2) is 8.31. The Morgan fingerprint density at radius 1 is 1.11 bits per heavy atom. The lowest BCUT2D eigenvalue weighted by molar-refractivity contribution is -0.118. The van der Waals surface area contributed by atoms with E-state index >= 15 is 0 Å². The predicted molar refractivity (Wildman–Crippen MR) is 94.3 cm³/mol. The van der Waals surface area contributed by atoms with Crippen LogP contribution in [0.1, 0.15) is 0 Å². The number of carbonyl (C=O) groups excluding carboxylic acids is 1. The van der Waals surface area contributed by atoms with E-state index in [0.717, 1.165) is 16.4 Å². The van der Waals surface area contributed by atoms with Crippen LogP contribution in [-0.4, -0.2) is 46.4 Å². The minimum atomic E-state index is -3.72. The number of nitrogens with zero attached hydrogens (tertiary/aromatic N) is 1. The molecule has 2 aromatic rings. The van der Waals surface area contributed by atoms with Crippen molar-refractivity contribution in [2.24, 2.45) is 0 Å². The molecular formula is C17H18F2N2O5S. The fraction of sp³-hybridized carbons (Fsp3) is 0.235. The molecule has 0 saturated heterocycles. The summed E-state index contributed by atoms with van der Waals surface area (Å²) in [4.78, 5) is 12.0. The van der Waals surface area contributed by atoms with Crippen molar-refractivity contribution in [3.63, 3.8) is 0 Å². The van der Waals surface area contributed by atoms with Crippen LogP contribution in [0.2, 0.25) is 0 Å². The summed E-state index contributed by atoms with van der Waals surface area (Å²) in [6.07, 6.45) is 0. The Hall–Kier alpha value is -2.72. The first-order valence-electron chi connectivity index (χ1n) is 7.63. The maximum Gasteiger partial charge on any atom is 0.262 e. The van der Waals surface area contributed by atoms with Gasteiger partial charge in [0.05, 0.1) is 17.7 Å².